The number of hydrogen-bond acceptors (Lipinski definition) is 4. The monoisotopic (exact) mass is 351 g/mol. The van der Waals surface area contributed by atoms with E-state index in [1.165, 1.54) is 16.7 Å². The van der Waals surface area contributed by atoms with Crippen LogP contribution >= 0.6 is 22.3 Å². The molecular formula is C12H12Cl2FN3O2S. The summed E-state index contributed by atoms with van der Waals surface area (Å²) in [5.41, 5.74) is 0.0715. The average molecular weight is 352 g/mol. The molecule has 9 heteroatoms. The molecule has 0 bridgehead atoms. The molecule has 0 aliphatic heterocycles. The van der Waals surface area contributed by atoms with Crippen molar-refractivity contribution in [2.45, 2.75) is 25.5 Å². The van der Waals surface area contributed by atoms with Gasteiger partial charge in [-0.2, -0.15) is 0 Å². The van der Waals surface area contributed by atoms with Crippen LogP contribution in [-0.4, -0.2) is 23.2 Å². The lowest BCUT2D eigenvalue weighted by molar-refractivity contribution is 0.487. The molecule has 1 aromatic heterocycles. The van der Waals surface area contributed by atoms with Crippen LogP contribution in [0.4, 0.5) is 4.39 Å². The minimum absolute atomic E-state index is 0.0715. The minimum Gasteiger partial charge on any atom is -0.296 e. The van der Waals surface area contributed by atoms with Crippen LogP contribution in [0.1, 0.15) is 13.8 Å². The SMILES string of the molecule is CC(C)Cn1c(-c2cccc(Cl)c2F)nnc1S(=O)(=O)Cl. The van der Waals surface area contributed by atoms with Crippen molar-refractivity contribution in [3.8, 4) is 11.4 Å². The van der Waals surface area contributed by atoms with E-state index in [1.807, 2.05) is 13.8 Å². The van der Waals surface area contributed by atoms with Crippen LogP contribution in [-0.2, 0) is 15.6 Å². The van der Waals surface area contributed by atoms with Gasteiger partial charge >= 0.3 is 0 Å². The highest BCUT2D eigenvalue weighted by molar-refractivity contribution is 8.13. The zero-order valence-electron chi connectivity index (χ0n) is 11.2. The summed E-state index contributed by atoms with van der Waals surface area (Å²) < 4.78 is 38.5. The van der Waals surface area contributed by atoms with Crippen molar-refractivity contribution in [3.63, 3.8) is 0 Å². The molecule has 0 N–H and O–H groups in total. The maximum atomic E-state index is 14.1. The summed E-state index contributed by atoms with van der Waals surface area (Å²) in [5.74, 6) is -0.530. The fourth-order valence-corrected chi connectivity index (χ4v) is 2.95. The van der Waals surface area contributed by atoms with E-state index in [2.05, 4.69) is 10.2 Å². The maximum absolute atomic E-state index is 14.1. The van der Waals surface area contributed by atoms with E-state index in [0.717, 1.165) is 0 Å². The predicted molar refractivity (Wildman–Crippen MR) is 78.3 cm³/mol. The Balaban J connectivity index is 2.70. The molecule has 2 aromatic rings. The zero-order chi connectivity index (χ0) is 15.8. The van der Waals surface area contributed by atoms with Gasteiger partial charge in [-0.1, -0.05) is 31.5 Å². The van der Waals surface area contributed by atoms with E-state index in [4.69, 9.17) is 22.3 Å². The average Bonchev–Trinajstić information content (AvgIpc) is 2.75. The molecule has 5 nitrogen and oxygen atoms in total. The van der Waals surface area contributed by atoms with E-state index in [-0.39, 0.29) is 28.9 Å². The fraction of sp³-hybridized carbons (Fsp3) is 0.333. The van der Waals surface area contributed by atoms with Crippen molar-refractivity contribution < 1.29 is 12.8 Å². The van der Waals surface area contributed by atoms with E-state index in [9.17, 15) is 12.8 Å². The molecule has 114 valence electrons. The third-order valence-corrected chi connectivity index (χ3v) is 4.12. The molecule has 0 unspecified atom stereocenters. The van der Waals surface area contributed by atoms with Gasteiger partial charge in [0.1, 0.15) is 0 Å². The van der Waals surface area contributed by atoms with Crippen LogP contribution in [0.3, 0.4) is 0 Å². The molecule has 21 heavy (non-hydrogen) atoms. The Morgan fingerprint density at radius 3 is 2.57 bits per heavy atom. The third-order valence-electron chi connectivity index (χ3n) is 2.68. The minimum atomic E-state index is -4.08. The van der Waals surface area contributed by atoms with Crippen molar-refractivity contribution in [3.05, 3.63) is 29.0 Å². The quantitative estimate of drug-likeness (QED) is 0.792. The molecule has 0 radical (unpaired) electrons. The Kier molecular flexibility index (Phi) is 4.55. The first-order chi connectivity index (χ1) is 9.71. The summed E-state index contributed by atoms with van der Waals surface area (Å²) >= 11 is 5.74. The maximum Gasteiger partial charge on any atom is 0.296 e. The van der Waals surface area contributed by atoms with Crippen LogP contribution in [0.15, 0.2) is 23.4 Å². The molecule has 1 aromatic carbocycles. The Hall–Kier alpha value is -1.18. The second-order valence-corrected chi connectivity index (χ2v) is 7.72. The number of nitrogens with zero attached hydrogens (tertiary/aromatic N) is 3. The molecule has 0 saturated heterocycles. The molecule has 0 spiro atoms. The van der Waals surface area contributed by atoms with Gasteiger partial charge in [0.05, 0.1) is 10.6 Å². The second-order valence-electron chi connectivity index (χ2n) is 4.85. The first kappa shape index (κ1) is 16.2. The summed E-state index contributed by atoms with van der Waals surface area (Å²) in [4.78, 5) is 0. The van der Waals surface area contributed by atoms with Gasteiger partial charge in [0, 0.05) is 17.2 Å². The second kappa shape index (κ2) is 5.90. The normalized spacial score (nSPS) is 12.1. The highest BCUT2D eigenvalue weighted by Gasteiger charge is 2.25. The molecule has 0 aliphatic carbocycles. The van der Waals surface area contributed by atoms with Crippen LogP contribution in [0, 0.1) is 11.7 Å². The smallest absolute Gasteiger partial charge is 0.296 e. The summed E-state index contributed by atoms with van der Waals surface area (Å²) in [7, 11) is 1.26. The van der Waals surface area contributed by atoms with Crippen molar-refractivity contribution in [1.82, 2.24) is 14.8 Å². The lowest BCUT2D eigenvalue weighted by Crippen LogP contribution is -2.12. The standard InChI is InChI=1S/C12H12Cl2FN3O2S/c1-7(2)6-18-11(16-17-12(18)21(14,19)20)8-4-3-5-9(13)10(8)15/h3-5,7H,6H2,1-2H3. The number of halogens is 3. The molecule has 0 amide bonds. The van der Waals surface area contributed by atoms with Gasteiger partial charge in [0.25, 0.3) is 14.2 Å². The fourth-order valence-electron chi connectivity index (χ4n) is 1.87. The number of hydrogen-bond donors (Lipinski definition) is 0. The van der Waals surface area contributed by atoms with Crippen LogP contribution in [0.5, 0.6) is 0 Å². The van der Waals surface area contributed by atoms with Gasteiger partial charge in [0.15, 0.2) is 11.6 Å². The van der Waals surface area contributed by atoms with E-state index in [1.54, 1.807) is 6.07 Å². The van der Waals surface area contributed by atoms with Crippen LogP contribution < -0.4 is 0 Å². The lowest BCUT2D eigenvalue weighted by Gasteiger charge is -2.12. The largest absolute Gasteiger partial charge is 0.296 e. The highest BCUT2D eigenvalue weighted by Crippen LogP contribution is 2.29. The molecule has 0 fully saturated rings. The molecule has 1 heterocycles. The molecule has 0 aliphatic rings. The van der Waals surface area contributed by atoms with Gasteiger partial charge in [-0.15, -0.1) is 10.2 Å². The van der Waals surface area contributed by atoms with Gasteiger partial charge < -0.3 is 0 Å². The number of rotatable bonds is 4. The summed E-state index contributed by atoms with van der Waals surface area (Å²) in [6.45, 7) is 4.03. The van der Waals surface area contributed by atoms with E-state index in [0.29, 0.717) is 0 Å². The van der Waals surface area contributed by atoms with Crippen molar-refractivity contribution >= 4 is 31.3 Å². The number of aromatic nitrogens is 3. The Labute approximate surface area is 131 Å². The Morgan fingerprint density at radius 2 is 2.00 bits per heavy atom. The van der Waals surface area contributed by atoms with Gasteiger partial charge in [-0.05, 0) is 18.1 Å². The highest BCUT2D eigenvalue weighted by atomic mass is 35.7. The molecule has 0 atom stereocenters. The van der Waals surface area contributed by atoms with Gasteiger partial charge in [0.2, 0.25) is 0 Å². The van der Waals surface area contributed by atoms with Crippen LogP contribution in [0.25, 0.3) is 11.4 Å². The van der Waals surface area contributed by atoms with Gasteiger partial charge in [-0.25, -0.2) is 12.8 Å². The number of benzene rings is 1. The van der Waals surface area contributed by atoms with Crippen molar-refractivity contribution in [1.29, 1.82) is 0 Å². The Bertz CT molecular complexity index is 775. The first-order valence-electron chi connectivity index (χ1n) is 6.04. The van der Waals surface area contributed by atoms with E-state index < -0.39 is 20.0 Å². The lowest BCUT2D eigenvalue weighted by atomic mass is 10.2. The van der Waals surface area contributed by atoms with Crippen molar-refractivity contribution in [2.75, 3.05) is 0 Å². The summed E-state index contributed by atoms with van der Waals surface area (Å²) in [6, 6.07) is 4.39. The third kappa shape index (κ3) is 3.36. The molecule has 0 saturated carbocycles. The predicted octanol–water partition coefficient (Wildman–Crippen LogP) is 3.32. The molecular weight excluding hydrogens is 340 g/mol. The topological polar surface area (TPSA) is 64.8 Å². The Morgan fingerprint density at radius 1 is 1.33 bits per heavy atom. The van der Waals surface area contributed by atoms with Gasteiger partial charge in [-0.3, -0.25) is 4.57 Å². The summed E-state index contributed by atoms with van der Waals surface area (Å²) in [5, 5.41) is 6.84. The molecule has 2 rings (SSSR count). The van der Waals surface area contributed by atoms with Crippen molar-refractivity contribution in [2.24, 2.45) is 5.92 Å². The zero-order valence-corrected chi connectivity index (χ0v) is 13.5. The first-order valence-corrected chi connectivity index (χ1v) is 8.72. The van der Waals surface area contributed by atoms with Crippen LogP contribution in [0.2, 0.25) is 5.02 Å². The summed E-state index contributed by atoms with van der Waals surface area (Å²) in [6.07, 6.45) is 0. The van der Waals surface area contributed by atoms with E-state index >= 15 is 0 Å².